The monoisotopic (exact) mass is 345 g/mol. The van der Waals surface area contributed by atoms with Crippen molar-refractivity contribution < 1.29 is 21.6 Å². The maximum Gasteiger partial charge on any atom is 0.421 e. The highest BCUT2D eigenvalue weighted by Crippen LogP contribution is 2.37. The summed E-state index contributed by atoms with van der Waals surface area (Å²) < 4.78 is 66.3. The lowest BCUT2D eigenvalue weighted by molar-refractivity contribution is -0.137. The molecule has 0 saturated heterocycles. The molecule has 0 aliphatic heterocycles. The molecule has 2 aromatic heterocycles. The molecule has 1 N–H and O–H groups in total. The van der Waals surface area contributed by atoms with Gasteiger partial charge in [-0.15, -0.1) is 0 Å². The zero-order chi connectivity index (χ0) is 17.4. The first-order valence-corrected chi connectivity index (χ1v) is 7.54. The molecule has 0 fully saturated rings. The molecular weight excluding hydrogens is 335 g/mol. The number of nitriles is 1. The molecule has 0 bridgehead atoms. The van der Waals surface area contributed by atoms with Gasteiger partial charge in [0.2, 0.25) is 0 Å². The number of alkyl halides is 3. The maximum absolute atomic E-state index is 13.1. The summed E-state index contributed by atoms with van der Waals surface area (Å²) >= 11 is 0. The number of pyridine rings is 1. The number of nitrogens with one attached hydrogen (secondary N) is 1. The summed E-state index contributed by atoms with van der Waals surface area (Å²) in [6, 6.07) is 3.93. The van der Waals surface area contributed by atoms with E-state index < -0.39 is 27.6 Å². The first-order chi connectivity index (χ1) is 10.6. The standard InChI is InChI=1S/C12H10F3N5O2S/c1-7-10(12(13,14)15)11(20(2)18-7)19-23(21,22)9-4-3-8(5-16)17-6-9/h3-4,6,19H,1-2H3. The van der Waals surface area contributed by atoms with Gasteiger partial charge in [0.1, 0.15) is 22.2 Å². The molecule has 2 heterocycles. The molecule has 0 radical (unpaired) electrons. The summed E-state index contributed by atoms with van der Waals surface area (Å²) in [5.74, 6) is -0.695. The molecule has 0 aliphatic carbocycles. The molecule has 0 aromatic carbocycles. The molecule has 7 nitrogen and oxygen atoms in total. The van der Waals surface area contributed by atoms with Gasteiger partial charge in [-0.3, -0.25) is 9.40 Å². The van der Waals surface area contributed by atoms with Crippen LogP contribution in [-0.4, -0.2) is 23.2 Å². The second-order valence-electron chi connectivity index (χ2n) is 4.53. The van der Waals surface area contributed by atoms with E-state index in [4.69, 9.17) is 5.26 Å². The fourth-order valence-corrected chi connectivity index (χ4v) is 2.95. The molecule has 0 aliphatic rings. The summed E-state index contributed by atoms with van der Waals surface area (Å²) in [5, 5.41) is 12.2. The highest BCUT2D eigenvalue weighted by Gasteiger charge is 2.39. The minimum absolute atomic E-state index is 0.0173. The van der Waals surface area contributed by atoms with E-state index >= 15 is 0 Å². The summed E-state index contributed by atoms with van der Waals surface area (Å²) in [4.78, 5) is 3.21. The van der Waals surface area contributed by atoms with Gasteiger partial charge in [-0.2, -0.15) is 23.5 Å². The average molecular weight is 345 g/mol. The minimum atomic E-state index is -4.76. The van der Waals surface area contributed by atoms with Crippen LogP contribution in [0.25, 0.3) is 0 Å². The van der Waals surface area contributed by atoms with Gasteiger partial charge in [0.05, 0.1) is 5.69 Å². The molecule has 11 heteroatoms. The number of aryl methyl sites for hydroxylation is 2. The van der Waals surface area contributed by atoms with Crippen molar-refractivity contribution in [2.45, 2.75) is 18.0 Å². The highest BCUT2D eigenvalue weighted by molar-refractivity contribution is 7.92. The van der Waals surface area contributed by atoms with Crippen molar-refractivity contribution in [2.24, 2.45) is 7.05 Å². The van der Waals surface area contributed by atoms with Crippen LogP contribution in [0.15, 0.2) is 23.2 Å². The van der Waals surface area contributed by atoms with E-state index in [1.165, 1.54) is 7.05 Å². The van der Waals surface area contributed by atoms with E-state index in [0.29, 0.717) is 0 Å². The number of sulfonamides is 1. The number of halogens is 3. The van der Waals surface area contributed by atoms with Crippen LogP contribution in [0.3, 0.4) is 0 Å². The Morgan fingerprint density at radius 3 is 2.48 bits per heavy atom. The molecule has 23 heavy (non-hydrogen) atoms. The third-order valence-electron chi connectivity index (χ3n) is 2.90. The molecule has 0 unspecified atom stereocenters. The van der Waals surface area contributed by atoms with E-state index in [9.17, 15) is 21.6 Å². The number of aromatic nitrogens is 3. The third kappa shape index (κ3) is 3.26. The number of hydrogen-bond acceptors (Lipinski definition) is 5. The van der Waals surface area contributed by atoms with Crippen molar-refractivity contribution in [3.63, 3.8) is 0 Å². The Morgan fingerprint density at radius 2 is 2.00 bits per heavy atom. The quantitative estimate of drug-likeness (QED) is 0.914. The summed E-state index contributed by atoms with van der Waals surface area (Å²) in [5.41, 5.74) is -1.53. The summed E-state index contributed by atoms with van der Waals surface area (Å²) in [6.45, 7) is 1.13. The summed E-state index contributed by atoms with van der Waals surface area (Å²) in [7, 11) is -3.12. The Bertz CT molecular complexity index is 879. The fourth-order valence-electron chi connectivity index (χ4n) is 1.91. The van der Waals surface area contributed by atoms with Crippen molar-refractivity contribution in [1.29, 1.82) is 5.26 Å². The average Bonchev–Trinajstić information content (AvgIpc) is 2.72. The van der Waals surface area contributed by atoms with Crippen LogP contribution in [0.4, 0.5) is 19.0 Å². The zero-order valence-corrected chi connectivity index (χ0v) is 12.7. The molecule has 2 rings (SSSR count). The van der Waals surface area contributed by atoms with E-state index in [-0.39, 0.29) is 16.3 Å². The number of rotatable bonds is 3. The van der Waals surface area contributed by atoms with E-state index in [0.717, 1.165) is 29.9 Å². The Labute approximate surface area is 129 Å². The lowest BCUT2D eigenvalue weighted by Crippen LogP contribution is -2.19. The van der Waals surface area contributed by atoms with Crippen LogP contribution >= 0.6 is 0 Å². The fraction of sp³-hybridized carbons (Fsp3) is 0.250. The maximum atomic E-state index is 13.1. The second kappa shape index (κ2) is 5.54. The lowest BCUT2D eigenvalue weighted by Gasteiger charge is -2.12. The van der Waals surface area contributed by atoms with Gasteiger partial charge in [0, 0.05) is 13.2 Å². The van der Waals surface area contributed by atoms with E-state index in [1.54, 1.807) is 6.07 Å². The van der Waals surface area contributed by atoms with Gasteiger partial charge < -0.3 is 0 Å². The normalized spacial score (nSPS) is 12.0. The van der Waals surface area contributed by atoms with Crippen LogP contribution in [0, 0.1) is 18.3 Å². The minimum Gasteiger partial charge on any atom is -0.263 e. The molecule has 122 valence electrons. The van der Waals surface area contributed by atoms with Crippen LogP contribution in [-0.2, 0) is 23.2 Å². The van der Waals surface area contributed by atoms with Crippen molar-refractivity contribution in [2.75, 3.05) is 4.72 Å². The largest absolute Gasteiger partial charge is 0.421 e. The van der Waals surface area contributed by atoms with Gasteiger partial charge in [0.25, 0.3) is 10.0 Å². The summed E-state index contributed by atoms with van der Waals surface area (Å²) in [6.07, 6.45) is -3.88. The number of hydrogen-bond donors (Lipinski definition) is 1. The first kappa shape index (κ1) is 16.8. The topological polar surface area (TPSA) is 101 Å². The van der Waals surface area contributed by atoms with Crippen LogP contribution in [0.2, 0.25) is 0 Å². The number of nitrogens with zero attached hydrogens (tertiary/aromatic N) is 4. The lowest BCUT2D eigenvalue weighted by atomic mass is 10.2. The molecule has 0 atom stereocenters. The van der Waals surface area contributed by atoms with Crippen LogP contribution in [0.1, 0.15) is 17.0 Å². The van der Waals surface area contributed by atoms with Crippen molar-refractivity contribution >= 4 is 15.8 Å². The molecular formula is C12H10F3N5O2S. The Balaban J connectivity index is 2.48. The van der Waals surface area contributed by atoms with Gasteiger partial charge in [-0.1, -0.05) is 0 Å². The van der Waals surface area contributed by atoms with Crippen LogP contribution < -0.4 is 4.72 Å². The third-order valence-corrected chi connectivity index (χ3v) is 4.22. The van der Waals surface area contributed by atoms with Gasteiger partial charge >= 0.3 is 6.18 Å². The molecule has 0 spiro atoms. The highest BCUT2D eigenvalue weighted by atomic mass is 32.2. The predicted octanol–water partition coefficient (Wildman–Crippen LogP) is 1.81. The molecule has 0 saturated carbocycles. The first-order valence-electron chi connectivity index (χ1n) is 6.06. The van der Waals surface area contributed by atoms with Gasteiger partial charge in [-0.05, 0) is 19.1 Å². The smallest absolute Gasteiger partial charge is 0.263 e. The Morgan fingerprint density at radius 1 is 1.35 bits per heavy atom. The van der Waals surface area contributed by atoms with Crippen molar-refractivity contribution in [1.82, 2.24) is 14.8 Å². The van der Waals surface area contributed by atoms with Gasteiger partial charge in [-0.25, -0.2) is 13.4 Å². The SMILES string of the molecule is Cc1nn(C)c(NS(=O)(=O)c2ccc(C#N)nc2)c1C(F)(F)F. The van der Waals surface area contributed by atoms with E-state index in [2.05, 4.69) is 10.1 Å². The van der Waals surface area contributed by atoms with E-state index in [1.807, 2.05) is 4.72 Å². The van der Waals surface area contributed by atoms with Gasteiger partial charge in [0.15, 0.2) is 5.82 Å². The second-order valence-corrected chi connectivity index (χ2v) is 6.21. The molecule has 2 aromatic rings. The van der Waals surface area contributed by atoms with Crippen molar-refractivity contribution in [3.8, 4) is 6.07 Å². The Kier molecular flexibility index (Phi) is 4.04. The number of anilines is 1. The molecule has 0 amide bonds. The predicted molar refractivity (Wildman–Crippen MR) is 72.7 cm³/mol. The Hall–Kier alpha value is -2.61. The van der Waals surface area contributed by atoms with Crippen molar-refractivity contribution in [3.05, 3.63) is 35.3 Å². The zero-order valence-electron chi connectivity index (χ0n) is 11.9. The van der Waals surface area contributed by atoms with Crippen LogP contribution in [0.5, 0.6) is 0 Å².